The molecule has 0 spiro atoms. The maximum Gasteiger partial charge on any atom is 0.258 e. The highest BCUT2D eigenvalue weighted by atomic mass is 28.3. The lowest BCUT2D eigenvalue weighted by atomic mass is 11.3. The van der Waals surface area contributed by atoms with Crippen molar-refractivity contribution in [2.45, 2.75) is 17.7 Å². The molecule has 0 saturated carbocycles. The van der Waals surface area contributed by atoms with Gasteiger partial charge in [-0.05, 0) is 0 Å². The van der Waals surface area contributed by atoms with E-state index in [2.05, 4.69) is 0 Å². The van der Waals surface area contributed by atoms with E-state index in [4.69, 9.17) is 28.4 Å². The van der Waals surface area contributed by atoms with Gasteiger partial charge in [-0.25, -0.2) is 0 Å². The summed E-state index contributed by atoms with van der Waals surface area (Å²) in [5, 5.41) is 0. The van der Waals surface area contributed by atoms with Crippen LogP contribution in [0.15, 0.2) is 0 Å². The molecule has 0 aliphatic carbocycles. The Bertz CT molecular complexity index is 130. The van der Waals surface area contributed by atoms with E-state index < -0.39 is 26.5 Å². The molecule has 0 aromatic heterocycles. The van der Waals surface area contributed by atoms with Gasteiger partial charge in [0.25, 0.3) is 8.80 Å². The summed E-state index contributed by atoms with van der Waals surface area (Å²) in [6, 6.07) is 0. The molecule has 0 unspecified atom stereocenters. The highest BCUT2D eigenvalue weighted by Gasteiger charge is 2.41. The molecule has 0 aliphatic heterocycles. The molecule has 0 rings (SSSR count). The summed E-state index contributed by atoms with van der Waals surface area (Å²) >= 11 is 0. The molecular formula is C9H21O6Si. The molecule has 7 heteroatoms. The van der Waals surface area contributed by atoms with Gasteiger partial charge < -0.3 is 28.4 Å². The molecular weight excluding hydrogens is 232 g/mol. The SMILES string of the molecule is COC(OC)[Si](C(OC)OC)C(OC)OC. The van der Waals surface area contributed by atoms with Gasteiger partial charge in [0.15, 0.2) is 17.7 Å². The second-order valence-electron chi connectivity index (χ2n) is 2.91. The van der Waals surface area contributed by atoms with Crippen LogP contribution in [-0.4, -0.2) is 69.2 Å². The van der Waals surface area contributed by atoms with Crippen LogP contribution in [-0.2, 0) is 28.4 Å². The summed E-state index contributed by atoms with van der Waals surface area (Å²) in [7, 11) is 7.86. The first kappa shape index (κ1) is 16.0. The van der Waals surface area contributed by atoms with Gasteiger partial charge in [0.2, 0.25) is 0 Å². The van der Waals surface area contributed by atoms with Gasteiger partial charge >= 0.3 is 0 Å². The largest absolute Gasteiger partial charge is 0.359 e. The number of hydrogen-bond acceptors (Lipinski definition) is 6. The molecule has 0 aromatic rings. The van der Waals surface area contributed by atoms with Crippen molar-refractivity contribution >= 4 is 8.80 Å². The lowest BCUT2D eigenvalue weighted by molar-refractivity contribution is -0.117. The second-order valence-corrected chi connectivity index (χ2v) is 5.32. The zero-order valence-electron chi connectivity index (χ0n) is 10.7. The van der Waals surface area contributed by atoms with Gasteiger partial charge in [0.05, 0.1) is 0 Å². The van der Waals surface area contributed by atoms with Crippen molar-refractivity contribution in [2.24, 2.45) is 0 Å². The van der Waals surface area contributed by atoms with Gasteiger partial charge in [-0.1, -0.05) is 0 Å². The summed E-state index contributed by atoms with van der Waals surface area (Å²) in [5.41, 5.74) is 0. The van der Waals surface area contributed by atoms with Crippen LogP contribution in [0.3, 0.4) is 0 Å². The molecule has 97 valence electrons. The highest BCUT2D eigenvalue weighted by Crippen LogP contribution is 2.13. The number of rotatable bonds is 9. The number of methoxy groups -OCH3 is 6. The van der Waals surface area contributed by atoms with E-state index in [1.165, 1.54) is 0 Å². The molecule has 0 heterocycles. The van der Waals surface area contributed by atoms with Gasteiger partial charge in [-0.2, -0.15) is 0 Å². The Morgan fingerprint density at radius 1 is 0.500 bits per heavy atom. The monoisotopic (exact) mass is 253 g/mol. The minimum Gasteiger partial charge on any atom is -0.359 e. The first-order valence-corrected chi connectivity index (χ1v) is 6.46. The minimum absolute atomic E-state index is 0.445. The fourth-order valence-electron chi connectivity index (χ4n) is 1.44. The molecule has 6 nitrogen and oxygen atoms in total. The maximum absolute atomic E-state index is 5.23. The molecule has 0 aromatic carbocycles. The zero-order valence-corrected chi connectivity index (χ0v) is 11.7. The summed E-state index contributed by atoms with van der Waals surface area (Å²) in [6.07, 6.45) is 0. The number of ether oxygens (including phenoxy) is 6. The van der Waals surface area contributed by atoms with E-state index in [9.17, 15) is 0 Å². The molecule has 0 aliphatic rings. The third kappa shape index (κ3) is 4.09. The van der Waals surface area contributed by atoms with Crippen LogP contribution in [0, 0.1) is 0 Å². The zero-order chi connectivity index (χ0) is 12.6. The van der Waals surface area contributed by atoms with E-state index >= 15 is 0 Å². The molecule has 0 N–H and O–H groups in total. The Labute approximate surface area is 98.3 Å². The normalized spacial score (nSPS) is 12.4. The maximum atomic E-state index is 5.23. The third-order valence-electron chi connectivity index (χ3n) is 2.10. The predicted molar refractivity (Wildman–Crippen MR) is 59.2 cm³/mol. The summed E-state index contributed by atoms with van der Waals surface area (Å²) in [6.45, 7) is 0. The molecule has 0 fully saturated rings. The van der Waals surface area contributed by atoms with Crippen molar-refractivity contribution in [1.29, 1.82) is 0 Å². The third-order valence-corrected chi connectivity index (χ3v) is 5.15. The second kappa shape index (κ2) is 9.05. The van der Waals surface area contributed by atoms with Crippen LogP contribution < -0.4 is 0 Å². The Morgan fingerprint density at radius 3 is 0.812 bits per heavy atom. The van der Waals surface area contributed by atoms with Crippen molar-refractivity contribution in [3.63, 3.8) is 0 Å². The Kier molecular flexibility index (Phi) is 9.04. The first-order chi connectivity index (χ1) is 7.69. The van der Waals surface area contributed by atoms with Crippen molar-refractivity contribution in [1.82, 2.24) is 0 Å². The quantitative estimate of drug-likeness (QED) is 0.424. The van der Waals surface area contributed by atoms with E-state index in [0.29, 0.717) is 0 Å². The molecule has 0 saturated heterocycles. The lowest BCUT2D eigenvalue weighted by Gasteiger charge is -2.32. The van der Waals surface area contributed by atoms with Crippen molar-refractivity contribution < 1.29 is 28.4 Å². The average Bonchev–Trinajstić information content (AvgIpc) is 2.33. The van der Waals surface area contributed by atoms with Crippen molar-refractivity contribution in [3.8, 4) is 0 Å². The molecule has 0 bridgehead atoms. The van der Waals surface area contributed by atoms with Crippen LogP contribution in [0.25, 0.3) is 0 Å². The molecule has 0 amide bonds. The standard InChI is InChI=1S/C9H21O6Si/c1-10-7(11-2)16(8(12-3)13-4)9(14-5)15-6/h7-9H,1-6H3. The van der Waals surface area contributed by atoms with Crippen LogP contribution in [0.4, 0.5) is 0 Å². The van der Waals surface area contributed by atoms with Gasteiger partial charge in [0, 0.05) is 42.7 Å². The summed E-state index contributed by atoms with van der Waals surface area (Å²) in [5.74, 6) is -1.33. The smallest absolute Gasteiger partial charge is 0.258 e. The van der Waals surface area contributed by atoms with Gasteiger partial charge in [0.1, 0.15) is 0 Å². The van der Waals surface area contributed by atoms with E-state index in [0.717, 1.165) is 0 Å². The Balaban J connectivity index is 4.84. The topological polar surface area (TPSA) is 55.4 Å². The van der Waals surface area contributed by atoms with E-state index in [1.54, 1.807) is 42.7 Å². The molecule has 1 radical (unpaired) electrons. The fourth-order valence-corrected chi connectivity index (χ4v) is 3.74. The lowest BCUT2D eigenvalue weighted by Crippen LogP contribution is -2.55. The van der Waals surface area contributed by atoms with Gasteiger partial charge in [-0.15, -0.1) is 0 Å². The van der Waals surface area contributed by atoms with Crippen LogP contribution in [0.2, 0.25) is 0 Å². The first-order valence-electron chi connectivity index (χ1n) is 4.73. The average molecular weight is 253 g/mol. The highest BCUT2D eigenvalue weighted by molar-refractivity contribution is 6.61. The van der Waals surface area contributed by atoms with Crippen molar-refractivity contribution in [3.05, 3.63) is 0 Å². The predicted octanol–water partition coefficient (Wildman–Crippen LogP) is -0.0445. The van der Waals surface area contributed by atoms with Crippen LogP contribution in [0.5, 0.6) is 0 Å². The number of hydrogen-bond donors (Lipinski definition) is 0. The van der Waals surface area contributed by atoms with Crippen LogP contribution in [0.1, 0.15) is 0 Å². The minimum atomic E-state index is -1.50. The Hall–Kier alpha value is -0.0231. The summed E-state index contributed by atoms with van der Waals surface area (Å²) < 4.78 is 31.4. The fraction of sp³-hybridized carbons (Fsp3) is 1.00. The van der Waals surface area contributed by atoms with E-state index in [-0.39, 0.29) is 0 Å². The molecule has 16 heavy (non-hydrogen) atoms. The Morgan fingerprint density at radius 2 is 0.688 bits per heavy atom. The summed E-state index contributed by atoms with van der Waals surface area (Å²) in [4.78, 5) is 0. The van der Waals surface area contributed by atoms with Gasteiger partial charge in [-0.3, -0.25) is 0 Å². The van der Waals surface area contributed by atoms with Crippen molar-refractivity contribution in [2.75, 3.05) is 42.7 Å². The van der Waals surface area contributed by atoms with E-state index in [1.807, 2.05) is 0 Å². The van der Waals surface area contributed by atoms with Crippen LogP contribution >= 0.6 is 0 Å². The molecule has 0 atom stereocenters.